The van der Waals surface area contributed by atoms with E-state index in [0.717, 1.165) is 37.2 Å². The second kappa shape index (κ2) is 5.61. The summed E-state index contributed by atoms with van der Waals surface area (Å²) in [6.45, 7) is 0. The van der Waals surface area contributed by atoms with Gasteiger partial charge in [0, 0.05) is 17.9 Å². The summed E-state index contributed by atoms with van der Waals surface area (Å²) in [6.07, 6.45) is -0.786. The Morgan fingerprint density at radius 2 is 1.95 bits per heavy atom. The second-order valence-corrected chi connectivity index (χ2v) is 5.54. The summed E-state index contributed by atoms with van der Waals surface area (Å²) in [5.74, 6) is 0.389. The number of nitrogens with zero attached hydrogens (tertiary/aromatic N) is 1. The van der Waals surface area contributed by atoms with Crippen molar-refractivity contribution in [3.8, 4) is 0 Å². The number of hydrogen-bond donors (Lipinski definition) is 2. The van der Waals surface area contributed by atoms with Crippen molar-refractivity contribution in [2.24, 2.45) is 5.73 Å². The van der Waals surface area contributed by atoms with Crippen LogP contribution in [0.5, 0.6) is 0 Å². The number of fused-ring (bicyclic) bond motifs is 1. The van der Waals surface area contributed by atoms with Crippen LogP contribution in [-0.4, -0.2) is 11.0 Å². The van der Waals surface area contributed by atoms with Gasteiger partial charge in [0.25, 0.3) is 0 Å². The lowest BCUT2D eigenvalue weighted by atomic mass is 9.88. The van der Waals surface area contributed by atoms with Crippen molar-refractivity contribution in [3.63, 3.8) is 0 Å². The number of alkyl halides is 3. The van der Waals surface area contributed by atoms with Crippen LogP contribution in [0.25, 0.3) is 0 Å². The highest BCUT2D eigenvalue weighted by Gasteiger charge is 2.30. The quantitative estimate of drug-likeness (QED) is 0.890. The summed E-state index contributed by atoms with van der Waals surface area (Å²) < 4.78 is 37.5. The summed E-state index contributed by atoms with van der Waals surface area (Å²) in [5.41, 5.74) is 8.49. The zero-order valence-electron chi connectivity index (χ0n) is 11.8. The zero-order chi connectivity index (χ0) is 15.7. The number of nitrogens with two attached hydrogens (primary N) is 1. The van der Waals surface area contributed by atoms with Crippen molar-refractivity contribution >= 4 is 11.5 Å². The van der Waals surface area contributed by atoms with Crippen LogP contribution in [0.1, 0.15) is 23.1 Å². The molecule has 1 aliphatic rings. The topological polar surface area (TPSA) is 50.9 Å². The molecule has 0 saturated heterocycles. The molecule has 0 spiro atoms. The molecule has 3 rings (SSSR count). The van der Waals surface area contributed by atoms with E-state index in [-0.39, 0.29) is 6.04 Å². The molecule has 0 bridgehead atoms. The first-order chi connectivity index (χ1) is 10.4. The van der Waals surface area contributed by atoms with Gasteiger partial charge in [-0.25, -0.2) is 4.98 Å². The van der Waals surface area contributed by atoms with E-state index < -0.39 is 11.7 Å². The molecule has 1 aromatic carbocycles. The third-order valence-corrected chi connectivity index (χ3v) is 3.84. The Hall–Kier alpha value is -2.08. The lowest BCUT2D eigenvalue weighted by molar-refractivity contribution is -0.137. The molecule has 1 unspecified atom stereocenters. The first kappa shape index (κ1) is 14.8. The molecule has 0 radical (unpaired) electrons. The molecule has 0 saturated carbocycles. The summed E-state index contributed by atoms with van der Waals surface area (Å²) in [7, 11) is 0. The fraction of sp³-hybridized carbons (Fsp3) is 0.312. The molecule has 0 fully saturated rings. The highest BCUT2D eigenvalue weighted by Crippen LogP contribution is 2.30. The van der Waals surface area contributed by atoms with Crippen molar-refractivity contribution in [1.82, 2.24) is 4.98 Å². The molecule has 116 valence electrons. The van der Waals surface area contributed by atoms with Crippen molar-refractivity contribution in [1.29, 1.82) is 0 Å². The van der Waals surface area contributed by atoms with Gasteiger partial charge in [0.2, 0.25) is 0 Å². The highest BCUT2D eigenvalue weighted by molar-refractivity contribution is 5.58. The maximum atomic E-state index is 12.5. The van der Waals surface area contributed by atoms with Crippen LogP contribution in [0.3, 0.4) is 0 Å². The molecule has 0 amide bonds. The van der Waals surface area contributed by atoms with Gasteiger partial charge in [-0.05, 0) is 54.7 Å². The average molecular weight is 307 g/mol. The van der Waals surface area contributed by atoms with E-state index >= 15 is 0 Å². The predicted octanol–water partition coefficient (Wildman–Crippen LogP) is 3.66. The second-order valence-electron chi connectivity index (χ2n) is 5.54. The lowest BCUT2D eigenvalue weighted by Crippen LogP contribution is -2.27. The molecular formula is C16H16F3N3. The van der Waals surface area contributed by atoms with Crippen LogP contribution < -0.4 is 11.1 Å². The molecule has 6 heteroatoms. The van der Waals surface area contributed by atoms with Crippen molar-refractivity contribution in [2.45, 2.75) is 31.5 Å². The van der Waals surface area contributed by atoms with Crippen LogP contribution >= 0.6 is 0 Å². The largest absolute Gasteiger partial charge is 0.417 e. The number of anilines is 2. The van der Waals surface area contributed by atoms with Gasteiger partial charge in [-0.2, -0.15) is 13.2 Å². The lowest BCUT2D eigenvalue weighted by Gasteiger charge is -2.22. The van der Waals surface area contributed by atoms with E-state index in [4.69, 9.17) is 5.73 Å². The summed E-state index contributed by atoms with van der Waals surface area (Å²) in [6, 6.07) is 8.49. The van der Waals surface area contributed by atoms with E-state index in [2.05, 4.69) is 10.3 Å². The number of rotatable bonds is 2. The van der Waals surface area contributed by atoms with Crippen LogP contribution in [-0.2, 0) is 19.0 Å². The minimum absolute atomic E-state index is 0.211. The Bertz CT molecular complexity index is 665. The molecule has 1 heterocycles. The molecule has 1 atom stereocenters. The molecule has 1 aromatic heterocycles. The van der Waals surface area contributed by atoms with Gasteiger partial charge in [0.15, 0.2) is 0 Å². The zero-order valence-corrected chi connectivity index (χ0v) is 11.8. The molecule has 2 aromatic rings. The van der Waals surface area contributed by atoms with Gasteiger partial charge >= 0.3 is 6.18 Å². The van der Waals surface area contributed by atoms with E-state index in [1.54, 1.807) is 0 Å². The number of aryl methyl sites for hydroxylation is 1. The average Bonchev–Trinajstić information content (AvgIpc) is 2.47. The van der Waals surface area contributed by atoms with Gasteiger partial charge in [0.1, 0.15) is 5.82 Å². The maximum absolute atomic E-state index is 12.5. The summed E-state index contributed by atoms with van der Waals surface area (Å²) in [4.78, 5) is 3.81. The number of nitrogens with one attached hydrogen (secondary N) is 1. The predicted molar refractivity (Wildman–Crippen MR) is 79.0 cm³/mol. The van der Waals surface area contributed by atoms with Gasteiger partial charge in [0.05, 0.1) is 5.56 Å². The SMILES string of the molecule is NC1CCc2cc(Nc3ccc(C(F)(F)F)cn3)ccc2C1. The third kappa shape index (κ3) is 3.22. The first-order valence-electron chi connectivity index (χ1n) is 7.09. The van der Waals surface area contributed by atoms with Gasteiger partial charge in [-0.1, -0.05) is 6.07 Å². The Balaban J connectivity index is 1.76. The number of benzene rings is 1. The first-order valence-corrected chi connectivity index (χ1v) is 7.09. The number of aromatic nitrogens is 1. The molecule has 0 aliphatic heterocycles. The van der Waals surface area contributed by atoms with E-state index in [1.165, 1.54) is 17.2 Å². The molecule has 3 nitrogen and oxygen atoms in total. The molecule has 3 N–H and O–H groups in total. The fourth-order valence-electron chi connectivity index (χ4n) is 2.64. The van der Waals surface area contributed by atoms with E-state index in [1.807, 2.05) is 18.2 Å². The third-order valence-electron chi connectivity index (χ3n) is 3.84. The summed E-state index contributed by atoms with van der Waals surface area (Å²) >= 11 is 0. The van der Waals surface area contributed by atoms with E-state index in [9.17, 15) is 13.2 Å². The Kier molecular flexibility index (Phi) is 3.78. The van der Waals surface area contributed by atoms with Gasteiger partial charge in [-0.15, -0.1) is 0 Å². The van der Waals surface area contributed by atoms with Gasteiger partial charge < -0.3 is 11.1 Å². The maximum Gasteiger partial charge on any atom is 0.417 e. The van der Waals surface area contributed by atoms with Crippen molar-refractivity contribution < 1.29 is 13.2 Å². The van der Waals surface area contributed by atoms with Crippen LogP contribution in [0.4, 0.5) is 24.7 Å². The standard InChI is InChI=1S/C16H16F3N3/c17-16(18,19)12-3-6-15(21-9-12)22-14-5-2-10-7-13(20)4-1-11(10)8-14/h2-3,5-6,8-9,13H,1,4,7,20H2,(H,21,22). The molecular weight excluding hydrogens is 291 g/mol. The minimum Gasteiger partial charge on any atom is -0.340 e. The normalized spacial score (nSPS) is 17.9. The number of pyridine rings is 1. The Morgan fingerprint density at radius 3 is 2.64 bits per heavy atom. The highest BCUT2D eigenvalue weighted by atomic mass is 19.4. The van der Waals surface area contributed by atoms with Crippen LogP contribution in [0, 0.1) is 0 Å². The Labute approximate surface area is 126 Å². The fourth-order valence-corrected chi connectivity index (χ4v) is 2.64. The number of hydrogen-bond acceptors (Lipinski definition) is 3. The van der Waals surface area contributed by atoms with Crippen LogP contribution in [0.15, 0.2) is 36.5 Å². The van der Waals surface area contributed by atoms with Crippen molar-refractivity contribution in [3.05, 3.63) is 53.2 Å². The monoisotopic (exact) mass is 307 g/mol. The van der Waals surface area contributed by atoms with Crippen LogP contribution in [0.2, 0.25) is 0 Å². The smallest absolute Gasteiger partial charge is 0.340 e. The molecule has 1 aliphatic carbocycles. The van der Waals surface area contributed by atoms with Gasteiger partial charge in [-0.3, -0.25) is 0 Å². The Morgan fingerprint density at radius 1 is 1.14 bits per heavy atom. The minimum atomic E-state index is -4.36. The number of halogens is 3. The van der Waals surface area contributed by atoms with E-state index in [0.29, 0.717) is 5.82 Å². The summed E-state index contributed by atoms with van der Waals surface area (Å²) in [5, 5.41) is 3.03. The van der Waals surface area contributed by atoms with Crippen molar-refractivity contribution in [2.75, 3.05) is 5.32 Å². The molecule has 22 heavy (non-hydrogen) atoms.